The van der Waals surface area contributed by atoms with Crippen LogP contribution in [0.4, 0.5) is 0 Å². The maximum Gasteiger partial charge on any atom is 0.305 e. The molecule has 0 rings (SSSR count). The van der Waals surface area contributed by atoms with Gasteiger partial charge in [-0.15, -0.1) is 0 Å². The standard InChI is InChI=1S/2C7H11NO3/c2*1-5(2)7(11)8-4-3-6(9)10/h2*1,3-4H2,2H3,(H,8,11)(H,9,10). The van der Waals surface area contributed by atoms with Crippen LogP contribution < -0.4 is 10.6 Å². The zero-order valence-corrected chi connectivity index (χ0v) is 12.8. The molecule has 0 unspecified atom stereocenters. The number of nitrogens with one attached hydrogen (secondary N) is 2. The smallest absolute Gasteiger partial charge is 0.305 e. The Morgan fingerprint density at radius 3 is 1.23 bits per heavy atom. The Bertz CT molecular complexity index is 414. The van der Waals surface area contributed by atoms with Gasteiger partial charge in [0.2, 0.25) is 11.8 Å². The molecule has 0 heterocycles. The zero-order valence-electron chi connectivity index (χ0n) is 12.8. The number of aliphatic carboxylic acids is 2. The second-order valence-electron chi connectivity index (χ2n) is 4.36. The summed E-state index contributed by atoms with van der Waals surface area (Å²) < 4.78 is 0. The van der Waals surface area contributed by atoms with Crippen LogP contribution in [0.2, 0.25) is 0 Å². The van der Waals surface area contributed by atoms with Gasteiger partial charge in [0.25, 0.3) is 0 Å². The monoisotopic (exact) mass is 314 g/mol. The summed E-state index contributed by atoms with van der Waals surface area (Å²) in [5.41, 5.74) is 0.769. The van der Waals surface area contributed by atoms with Crippen molar-refractivity contribution < 1.29 is 29.4 Å². The molecule has 0 aliphatic carbocycles. The van der Waals surface area contributed by atoms with Crippen LogP contribution in [0, 0.1) is 0 Å². The van der Waals surface area contributed by atoms with Gasteiger partial charge in [-0.3, -0.25) is 19.2 Å². The van der Waals surface area contributed by atoms with Gasteiger partial charge in [-0.05, 0) is 13.8 Å². The van der Waals surface area contributed by atoms with Crippen LogP contribution in [0.15, 0.2) is 24.3 Å². The van der Waals surface area contributed by atoms with Crippen molar-refractivity contribution >= 4 is 23.8 Å². The summed E-state index contributed by atoms with van der Waals surface area (Å²) in [4.78, 5) is 41.4. The van der Waals surface area contributed by atoms with Gasteiger partial charge < -0.3 is 20.8 Å². The molecule has 0 spiro atoms. The van der Waals surface area contributed by atoms with E-state index in [0.717, 1.165) is 0 Å². The van der Waals surface area contributed by atoms with Crippen molar-refractivity contribution in [1.82, 2.24) is 10.6 Å². The van der Waals surface area contributed by atoms with Gasteiger partial charge in [0.15, 0.2) is 0 Å². The van der Waals surface area contributed by atoms with Crippen LogP contribution in [-0.4, -0.2) is 47.1 Å². The number of carbonyl (C=O) groups excluding carboxylic acids is 2. The fraction of sp³-hybridized carbons (Fsp3) is 0.429. The van der Waals surface area contributed by atoms with E-state index in [1.807, 2.05) is 0 Å². The Balaban J connectivity index is 0. The predicted octanol–water partition coefficient (Wildman–Crippen LogP) is 0.307. The van der Waals surface area contributed by atoms with Crippen molar-refractivity contribution in [3.8, 4) is 0 Å². The van der Waals surface area contributed by atoms with Gasteiger partial charge in [0.1, 0.15) is 0 Å². The van der Waals surface area contributed by atoms with Crippen molar-refractivity contribution in [1.29, 1.82) is 0 Å². The number of carbonyl (C=O) groups is 4. The third-order valence-corrected chi connectivity index (χ3v) is 2.02. The maximum absolute atomic E-state index is 10.7. The first-order valence-corrected chi connectivity index (χ1v) is 6.39. The molecule has 4 N–H and O–H groups in total. The first-order valence-electron chi connectivity index (χ1n) is 6.39. The van der Waals surface area contributed by atoms with E-state index in [-0.39, 0.29) is 37.7 Å². The van der Waals surface area contributed by atoms with Gasteiger partial charge >= 0.3 is 11.9 Å². The number of carboxylic acid groups (broad SMARTS) is 2. The van der Waals surface area contributed by atoms with E-state index in [2.05, 4.69) is 23.8 Å². The minimum absolute atomic E-state index is 0.0565. The number of carboxylic acids is 2. The van der Waals surface area contributed by atoms with Gasteiger partial charge in [0, 0.05) is 24.2 Å². The maximum atomic E-state index is 10.7. The molecule has 0 atom stereocenters. The van der Waals surface area contributed by atoms with Crippen LogP contribution in [0.25, 0.3) is 0 Å². The van der Waals surface area contributed by atoms with Crippen molar-refractivity contribution in [3.63, 3.8) is 0 Å². The first-order chi connectivity index (χ1) is 10.1. The molecule has 2 amide bonds. The van der Waals surface area contributed by atoms with E-state index in [9.17, 15) is 19.2 Å². The van der Waals surface area contributed by atoms with Crippen LogP contribution in [-0.2, 0) is 19.2 Å². The normalized spacial score (nSPS) is 8.82. The molecule has 0 saturated heterocycles. The van der Waals surface area contributed by atoms with E-state index in [1.54, 1.807) is 13.8 Å². The van der Waals surface area contributed by atoms with Gasteiger partial charge in [-0.2, -0.15) is 0 Å². The van der Waals surface area contributed by atoms with Gasteiger partial charge in [-0.1, -0.05) is 13.2 Å². The predicted molar refractivity (Wildman–Crippen MR) is 80.2 cm³/mol. The third kappa shape index (κ3) is 15.4. The number of amides is 2. The first kappa shape index (κ1) is 21.7. The molecule has 8 nitrogen and oxygen atoms in total. The summed E-state index contributed by atoms with van der Waals surface area (Å²) in [5.74, 6) is -2.45. The highest BCUT2D eigenvalue weighted by atomic mass is 16.4. The quantitative estimate of drug-likeness (QED) is 0.476. The second kappa shape index (κ2) is 12.1. The highest BCUT2D eigenvalue weighted by molar-refractivity contribution is 5.92. The van der Waals surface area contributed by atoms with Crippen LogP contribution >= 0.6 is 0 Å². The van der Waals surface area contributed by atoms with Gasteiger partial charge in [0.05, 0.1) is 12.8 Å². The zero-order chi connectivity index (χ0) is 17.7. The number of rotatable bonds is 8. The Morgan fingerprint density at radius 1 is 0.773 bits per heavy atom. The molecule has 22 heavy (non-hydrogen) atoms. The summed E-state index contributed by atoms with van der Waals surface area (Å²) in [5, 5.41) is 21.2. The molecule has 0 fully saturated rings. The lowest BCUT2D eigenvalue weighted by atomic mass is 10.3. The molecule has 124 valence electrons. The number of hydrogen-bond donors (Lipinski definition) is 4. The Kier molecular flexibility index (Phi) is 11.9. The largest absolute Gasteiger partial charge is 0.481 e. The van der Waals surface area contributed by atoms with E-state index in [1.165, 1.54) is 0 Å². The fourth-order valence-electron chi connectivity index (χ4n) is 0.868. The van der Waals surface area contributed by atoms with Crippen LogP contribution in [0.3, 0.4) is 0 Å². The molecule has 0 aliphatic rings. The van der Waals surface area contributed by atoms with E-state index >= 15 is 0 Å². The van der Waals surface area contributed by atoms with Crippen LogP contribution in [0.5, 0.6) is 0 Å². The molecule has 8 heteroatoms. The SMILES string of the molecule is C=C(C)C(=O)NCCC(=O)O.C=C(C)C(=O)NCCC(=O)O. The lowest BCUT2D eigenvalue weighted by molar-refractivity contribution is -0.138. The molecule has 0 aromatic rings. The molecule has 0 aliphatic heterocycles. The lowest BCUT2D eigenvalue weighted by Gasteiger charge is -2.00. The fourth-order valence-corrected chi connectivity index (χ4v) is 0.868. The molecular formula is C14H22N2O6. The average molecular weight is 314 g/mol. The van der Waals surface area contributed by atoms with E-state index in [4.69, 9.17) is 10.2 Å². The van der Waals surface area contributed by atoms with Crippen molar-refractivity contribution in [2.45, 2.75) is 26.7 Å². The minimum Gasteiger partial charge on any atom is -0.481 e. The van der Waals surface area contributed by atoms with E-state index in [0.29, 0.717) is 11.1 Å². The van der Waals surface area contributed by atoms with E-state index < -0.39 is 11.9 Å². The summed E-state index contributed by atoms with van der Waals surface area (Å²) in [6.07, 6.45) is -0.113. The van der Waals surface area contributed by atoms with Crippen molar-refractivity contribution in [2.24, 2.45) is 0 Å². The average Bonchev–Trinajstić information content (AvgIpc) is 2.38. The van der Waals surface area contributed by atoms with Crippen LogP contribution in [0.1, 0.15) is 26.7 Å². The molecular weight excluding hydrogens is 292 g/mol. The third-order valence-electron chi connectivity index (χ3n) is 2.02. The molecule has 0 bridgehead atoms. The van der Waals surface area contributed by atoms with Gasteiger partial charge in [-0.25, -0.2) is 0 Å². The molecule has 0 aromatic heterocycles. The molecule has 0 aromatic carbocycles. The number of hydrogen-bond acceptors (Lipinski definition) is 4. The summed E-state index contributed by atoms with van der Waals surface area (Å²) >= 11 is 0. The topological polar surface area (TPSA) is 133 Å². The summed E-state index contributed by atoms with van der Waals surface area (Å²) in [6.45, 7) is 10.2. The molecule has 0 radical (unpaired) electrons. The second-order valence-corrected chi connectivity index (χ2v) is 4.36. The Labute approximate surface area is 128 Å². The molecule has 0 saturated carbocycles. The Morgan fingerprint density at radius 2 is 1.05 bits per heavy atom. The highest BCUT2D eigenvalue weighted by Crippen LogP contribution is 1.86. The van der Waals surface area contributed by atoms with Crippen molar-refractivity contribution in [2.75, 3.05) is 13.1 Å². The highest BCUT2D eigenvalue weighted by Gasteiger charge is 2.02. The van der Waals surface area contributed by atoms with Crippen molar-refractivity contribution in [3.05, 3.63) is 24.3 Å². The minimum atomic E-state index is -0.924. The lowest BCUT2D eigenvalue weighted by Crippen LogP contribution is -2.26. The summed E-state index contributed by atoms with van der Waals surface area (Å²) in [7, 11) is 0. The Hall–Kier alpha value is -2.64. The summed E-state index contributed by atoms with van der Waals surface area (Å²) in [6, 6.07) is 0.